The lowest BCUT2D eigenvalue weighted by atomic mass is 9.90. The Labute approximate surface area is 95.2 Å². The molecule has 1 saturated heterocycles. The Morgan fingerprint density at radius 2 is 2.00 bits per heavy atom. The Balaban J connectivity index is 2.43. The van der Waals surface area contributed by atoms with Gasteiger partial charge in [-0.25, -0.2) is 0 Å². The molecule has 15 heavy (non-hydrogen) atoms. The highest BCUT2D eigenvalue weighted by Gasteiger charge is 2.26. The van der Waals surface area contributed by atoms with Gasteiger partial charge in [-0.2, -0.15) is 0 Å². The van der Waals surface area contributed by atoms with E-state index in [1.165, 1.54) is 38.8 Å². The summed E-state index contributed by atoms with van der Waals surface area (Å²) in [5.74, 6) is 0. The summed E-state index contributed by atoms with van der Waals surface area (Å²) < 4.78 is 0. The van der Waals surface area contributed by atoms with Crippen molar-refractivity contribution in [1.82, 2.24) is 4.90 Å². The highest BCUT2D eigenvalue weighted by atomic mass is 15.2. The average Bonchev–Trinajstić information content (AvgIpc) is 2.14. The van der Waals surface area contributed by atoms with Crippen LogP contribution in [0.25, 0.3) is 0 Å². The number of hydrogen-bond acceptors (Lipinski definition) is 2. The van der Waals surface area contributed by atoms with Crippen LogP contribution in [0.5, 0.6) is 0 Å². The van der Waals surface area contributed by atoms with E-state index < -0.39 is 0 Å². The molecule has 1 aliphatic rings. The van der Waals surface area contributed by atoms with Crippen molar-refractivity contribution in [3.63, 3.8) is 0 Å². The van der Waals surface area contributed by atoms with Crippen molar-refractivity contribution in [1.29, 1.82) is 0 Å². The predicted molar refractivity (Wildman–Crippen MR) is 66.9 cm³/mol. The molecule has 1 fully saturated rings. The number of rotatable bonds is 3. The van der Waals surface area contributed by atoms with Gasteiger partial charge in [0.15, 0.2) is 0 Å². The minimum Gasteiger partial charge on any atom is -0.327 e. The van der Waals surface area contributed by atoms with Gasteiger partial charge < -0.3 is 5.73 Å². The molecule has 0 aromatic carbocycles. The molecule has 0 aromatic rings. The van der Waals surface area contributed by atoms with Gasteiger partial charge in [-0.05, 0) is 44.7 Å². The maximum absolute atomic E-state index is 6.06. The van der Waals surface area contributed by atoms with Crippen molar-refractivity contribution in [2.24, 2.45) is 11.1 Å². The molecule has 1 heterocycles. The van der Waals surface area contributed by atoms with Gasteiger partial charge >= 0.3 is 0 Å². The number of piperidine rings is 1. The summed E-state index contributed by atoms with van der Waals surface area (Å²) in [5, 5.41) is 0. The maximum atomic E-state index is 6.06. The van der Waals surface area contributed by atoms with Crippen molar-refractivity contribution < 1.29 is 0 Å². The van der Waals surface area contributed by atoms with Crippen LogP contribution in [0.15, 0.2) is 0 Å². The SMILES string of the molecule is CC(N)C1CCCCN1CCC(C)(C)C. The lowest BCUT2D eigenvalue weighted by Crippen LogP contribution is -2.49. The van der Waals surface area contributed by atoms with Crippen LogP contribution in [0.1, 0.15) is 53.4 Å². The highest BCUT2D eigenvalue weighted by molar-refractivity contribution is 4.83. The smallest absolute Gasteiger partial charge is 0.0244 e. The molecule has 0 aromatic heterocycles. The van der Waals surface area contributed by atoms with E-state index in [0.29, 0.717) is 17.5 Å². The molecule has 0 bridgehead atoms. The monoisotopic (exact) mass is 212 g/mol. The van der Waals surface area contributed by atoms with Crippen molar-refractivity contribution in [2.45, 2.75) is 65.5 Å². The third-order valence-corrected chi connectivity index (χ3v) is 3.42. The van der Waals surface area contributed by atoms with E-state index >= 15 is 0 Å². The van der Waals surface area contributed by atoms with Crippen LogP contribution >= 0.6 is 0 Å². The van der Waals surface area contributed by atoms with Crippen molar-refractivity contribution in [3.8, 4) is 0 Å². The molecule has 2 nitrogen and oxygen atoms in total. The van der Waals surface area contributed by atoms with Crippen LogP contribution in [0, 0.1) is 5.41 Å². The molecule has 2 unspecified atom stereocenters. The first-order valence-electron chi connectivity index (χ1n) is 6.40. The van der Waals surface area contributed by atoms with E-state index in [-0.39, 0.29) is 0 Å². The van der Waals surface area contributed by atoms with Gasteiger partial charge in [0, 0.05) is 12.1 Å². The van der Waals surface area contributed by atoms with Crippen LogP contribution in [0.4, 0.5) is 0 Å². The summed E-state index contributed by atoms with van der Waals surface area (Å²) in [5.41, 5.74) is 6.50. The van der Waals surface area contributed by atoms with Crippen LogP contribution in [-0.2, 0) is 0 Å². The van der Waals surface area contributed by atoms with Gasteiger partial charge in [-0.15, -0.1) is 0 Å². The van der Waals surface area contributed by atoms with E-state index in [1.807, 2.05) is 0 Å². The molecule has 2 N–H and O–H groups in total. The maximum Gasteiger partial charge on any atom is 0.0244 e. The molecular weight excluding hydrogens is 184 g/mol. The Morgan fingerprint density at radius 3 is 2.53 bits per heavy atom. The Hall–Kier alpha value is -0.0800. The van der Waals surface area contributed by atoms with Crippen LogP contribution in [0.3, 0.4) is 0 Å². The first-order valence-corrected chi connectivity index (χ1v) is 6.40. The third kappa shape index (κ3) is 4.52. The van der Waals surface area contributed by atoms with Gasteiger partial charge in [0.2, 0.25) is 0 Å². The van der Waals surface area contributed by atoms with Gasteiger partial charge in [0.05, 0.1) is 0 Å². The van der Waals surface area contributed by atoms with E-state index in [1.54, 1.807) is 0 Å². The molecule has 0 saturated carbocycles. The fourth-order valence-electron chi connectivity index (χ4n) is 2.37. The van der Waals surface area contributed by atoms with E-state index in [4.69, 9.17) is 5.73 Å². The molecule has 0 amide bonds. The third-order valence-electron chi connectivity index (χ3n) is 3.42. The fourth-order valence-corrected chi connectivity index (χ4v) is 2.37. The largest absolute Gasteiger partial charge is 0.327 e. The Kier molecular flexibility index (Phi) is 4.60. The van der Waals surface area contributed by atoms with Gasteiger partial charge in [0.1, 0.15) is 0 Å². The molecule has 90 valence electrons. The summed E-state index contributed by atoms with van der Waals surface area (Å²) >= 11 is 0. The number of nitrogens with two attached hydrogens (primary N) is 1. The quantitative estimate of drug-likeness (QED) is 0.779. The minimum absolute atomic E-state index is 0.324. The van der Waals surface area contributed by atoms with Crippen LogP contribution in [-0.4, -0.2) is 30.1 Å². The lowest BCUT2D eigenvalue weighted by Gasteiger charge is -2.39. The number of likely N-dealkylation sites (tertiary alicyclic amines) is 1. The second-order valence-electron chi connectivity index (χ2n) is 6.27. The Bertz CT molecular complexity index is 181. The number of hydrogen-bond donors (Lipinski definition) is 1. The van der Waals surface area contributed by atoms with Crippen molar-refractivity contribution in [2.75, 3.05) is 13.1 Å². The van der Waals surface area contributed by atoms with Gasteiger partial charge in [0.25, 0.3) is 0 Å². The first-order chi connectivity index (χ1) is 6.90. The molecule has 1 aliphatic heterocycles. The summed E-state index contributed by atoms with van der Waals surface area (Å²) in [6.07, 6.45) is 5.28. The molecule has 2 heteroatoms. The second kappa shape index (κ2) is 5.31. The molecule has 0 spiro atoms. The molecule has 1 rings (SSSR count). The van der Waals surface area contributed by atoms with Crippen molar-refractivity contribution >= 4 is 0 Å². The van der Waals surface area contributed by atoms with Crippen LogP contribution in [0.2, 0.25) is 0 Å². The number of nitrogens with zero attached hydrogens (tertiary/aromatic N) is 1. The molecular formula is C13H28N2. The predicted octanol–water partition coefficient (Wildman–Crippen LogP) is 2.62. The molecule has 0 radical (unpaired) electrons. The van der Waals surface area contributed by atoms with Crippen molar-refractivity contribution in [3.05, 3.63) is 0 Å². The van der Waals surface area contributed by atoms with Crippen LogP contribution < -0.4 is 5.73 Å². The zero-order chi connectivity index (χ0) is 11.5. The summed E-state index contributed by atoms with van der Waals surface area (Å²) in [7, 11) is 0. The average molecular weight is 212 g/mol. The lowest BCUT2D eigenvalue weighted by molar-refractivity contribution is 0.115. The normalized spacial score (nSPS) is 26.6. The zero-order valence-electron chi connectivity index (χ0n) is 10.9. The summed E-state index contributed by atoms with van der Waals surface area (Å²) in [6.45, 7) is 11.6. The van der Waals surface area contributed by atoms with Gasteiger partial charge in [-0.1, -0.05) is 27.2 Å². The zero-order valence-corrected chi connectivity index (χ0v) is 10.9. The summed E-state index contributed by atoms with van der Waals surface area (Å²) in [4.78, 5) is 2.61. The minimum atomic E-state index is 0.324. The standard InChI is InChI=1S/C13H28N2/c1-11(14)12-7-5-6-9-15(12)10-8-13(2,3)4/h11-12H,5-10,14H2,1-4H3. The second-order valence-corrected chi connectivity index (χ2v) is 6.27. The molecule has 0 aliphatic carbocycles. The van der Waals surface area contributed by atoms with E-state index in [0.717, 1.165) is 0 Å². The summed E-state index contributed by atoms with van der Waals surface area (Å²) in [6, 6.07) is 0.950. The molecule has 2 atom stereocenters. The Morgan fingerprint density at radius 1 is 1.33 bits per heavy atom. The fraction of sp³-hybridized carbons (Fsp3) is 1.00. The van der Waals surface area contributed by atoms with Gasteiger partial charge in [-0.3, -0.25) is 4.90 Å². The van der Waals surface area contributed by atoms with E-state index in [2.05, 4.69) is 32.6 Å². The van der Waals surface area contributed by atoms with E-state index in [9.17, 15) is 0 Å². The topological polar surface area (TPSA) is 29.3 Å². The highest BCUT2D eigenvalue weighted by Crippen LogP contribution is 2.24. The first kappa shape index (κ1) is 13.0.